The zero-order valence-electron chi connectivity index (χ0n) is 6.23. The maximum Gasteiger partial charge on any atom is 0.182 e. The largest absolute Gasteiger partial charge is 0.326 e. The van der Waals surface area contributed by atoms with Crippen LogP contribution in [0.3, 0.4) is 0 Å². The van der Waals surface area contributed by atoms with Crippen molar-refractivity contribution in [3.8, 4) is 6.07 Å². The number of hydrogen-bond acceptors (Lipinski definition) is 4. The van der Waals surface area contributed by atoms with E-state index in [2.05, 4.69) is 10.2 Å². The first kappa shape index (κ1) is 7.69. The van der Waals surface area contributed by atoms with E-state index in [-0.39, 0.29) is 6.04 Å². The molecule has 0 amide bonds. The van der Waals surface area contributed by atoms with Gasteiger partial charge in [0.15, 0.2) is 5.69 Å². The number of nitriles is 1. The highest BCUT2D eigenvalue weighted by molar-refractivity contribution is 5.12. The summed E-state index contributed by atoms with van der Waals surface area (Å²) in [7, 11) is 0. The number of nitrogens with zero attached hydrogens (tertiary/aromatic N) is 4. The Labute approximate surface area is 64.4 Å². The van der Waals surface area contributed by atoms with Crippen LogP contribution in [0.25, 0.3) is 0 Å². The average molecular weight is 151 g/mol. The lowest BCUT2D eigenvalue weighted by Gasteiger charge is -2.01. The van der Waals surface area contributed by atoms with Gasteiger partial charge in [0.25, 0.3) is 0 Å². The van der Waals surface area contributed by atoms with Crippen molar-refractivity contribution in [3.05, 3.63) is 11.9 Å². The molecule has 1 atom stereocenters. The molecule has 0 aliphatic carbocycles. The molecule has 0 aromatic carbocycles. The van der Waals surface area contributed by atoms with Gasteiger partial charge >= 0.3 is 0 Å². The number of hydrogen-bond donors (Lipinski definition) is 1. The van der Waals surface area contributed by atoms with E-state index in [1.807, 2.05) is 13.0 Å². The van der Waals surface area contributed by atoms with Crippen LogP contribution in [0.2, 0.25) is 0 Å². The van der Waals surface area contributed by atoms with Crippen LogP contribution in [0.5, 0.6) is 0 Å². The van der Waals surface area contributed by atoms with Gasteiger partial charge in [-0.15, -0.1) is 5.10 Å². The lowest BCUT2D eigenvalue weighted by molar-refractivity contribution is 0.482. The molecule has 1 unspecified atom stereocenters. The predicted molar refractivity (Wildman–Crippen MR) is 38.4 cm³/mol. The van der Waals surface area contributed by atoms with E-state index in [1.165, 1.54) is 11.0 Å². The van der Waals surface area contributed by atoms with Crippen LogP contribution in [0.4, 0.5) is 0 Å². The molecule has 5 heteroatoms. The number of aromatic nitrogens is 3. The third-order valence-corrected chi connectivity index (χ3v) is 1.10. The molecule has 0 bridgehead atoms. The second kappa shape index (κ2) is 3.12. The molecule has 0 radical (unpaired) electrons. The third-order valence-electron chi connectivity index (χ3n) is 1.10. The van der Waals surface area contributed by atoms with E-state index in [4.69, 9.17) is 11.0 Å². The Kier molecular flexibility index (Phi) is 2.18. The van der Waals surface area contributed by atoms with Gasteiger partial charge in [0.1, 0.15) is 6.07 Å². The van der Waals surface area contributed by atoms with Crippen LogP contribution in [0.1, 0.15) is 12.6 Å². The van der Waals surface area contributed by atoms with Crippen LogP contribution in [-0.2, 0) is 6.54 Å². The maximum absolute atomic E-state index is 8.39. The highest BCUT2D eigenvalue weighted by Crippen LogP contribution is 1.88. The van der Waals surface area contributed by atoms with Crippen molar-refractivity contribution in [1.29, 1.82) is 5.26 Å². The molecule has 0 spiro atoms. The standard InChI is InChI=1S/C6H9N5/c1-5(8)4-11-9-3-6(2-7)10-11/h3,5H,4,8H2,1H3. The fourth-order valence-corrected chi connectivity index (χ4v) is 0.694. The summed E-state index contributed by atoms with van der Waals surface area (Å²) in [5.41, 5.74) is 5.82. The topological polar surface area (TPSA) is 80.5 Å². The zero-order valence-corrected chi connectivity index (χ0v) is 6.23. The van der Waals surface area contributed by atoms with Crippen molar-refractivity contribution in [2.45, 2.75) is 19.5 Å². The summed E-state index contributed by atoms with van der Waals surface area (Å²) in [6.45, 7) is 2.40. The Hall–Kier alpha value is -1.41. The van der Waals surface area contributed by atoms with Gasteiger partial charge in [0, 0.05) is 6.04 Å². The smallest absolute Gasteiger partial charge is 0.182 e. The summed E-state index contributed by atoms with van der Waals surface area (Å²) >= 11 is 0. The lowest BCUT2D eigenvalue weighted by Crippen LogP contribution is -2.23. The Morgan fingerprint density at radius 3 is 3.09 bits per heavy atom. The van der Waals surface area contributed by atoms with Crippen LogP contribution in [-0.4, -0.2) is 21.0 Å². The first-order valence-electron chi connectivity index (χ1n) is 3.28. The molecule has 1 aromatic heterocycles. The second-order valence-corrected chi connectivity index (χ2v) is 2.37. The second-order valence-electron chi connectivity index (χ2n) is 2.37. The summed E-state index contributed by atoms with van der Waals surface area (Å²) in [6.07, 6.45) is 1.42. The molecule has 0 saturated carbocycles. The third kappa shape index (κ3) is 2.02. The molecular formula is C6H9N5. The normalized spacial score (nSPS) is 12.5. The van der Waals surface area contributed by atoms with E-state index in [0.717, 1.165) is 0 Å². The fourth-order valence-electron chi connectivity index (χ4n) is 0.694. The van der Waals surface area contributed by atoms with E-state index in [1.54, 1.807) is 0 Å². The number of rotatable bonds is 2. The van der Waals surface area contributed by atoms with Gasteiger partial charge in [-0.3, -0.25) is 0 Å². The molecule has 1 rings (SSSR count). The first-order valence-corrected chi connectivity index (χ1v) is 3.28. The SMILES string of the molecule is CC(N)Cn1ncc(C#N)n1. The molecule has 11 heavy (non-hydrogen) atoms. The van der Waals surface area contributed by atoms with Crippen molar-refractivity contribution >= 4 is 0 Å². The Bertz CT molecular complexity index is 269. The van der Waals surface area contributed by atoms with Gasteiger partial charge in [-0.25, -0.2) is 0 Å². The molecule has 0 saturated heterocycles. The highest BCUT2D eigenvalue weighted by atomic mass is 15.5. The average Bonchev–Trinajstić information content (AvgIpc) is 2.34. The van der Waals surface area contributed by atoms with Crippen LogP contribution in [0.15, 0.2) is 6.20 Å². The molecular weight excluding hydrogens is 142 g/mol. The summed E-state index contributed by atoms with van der Waals surface area (Å²) in [4.78, 5) is 1.42. The summed E-state index contributed by atoms with van der Waals surface area (Å²) in [5, 5.41) is 16.1. The zero-order chi connectivity index (χ0) is 8.27. The van der Waals surface area contributed by atoms with E-state index in [0.29, 0.717) is 12.2 Å². The van der Waals surface area contributed by atoms with E-state index in [9.17, 15) is 0 Å². The van der Waals surface area contributed by atoms with Gasteiger partial charge in [0.05, 0.1) is 12.7 Å². The summed E-state index contributed by atoms with van der Waals surface area (Å²) < 4.78 is 0. The molecule has 5 nitrogen and oxygen atoms in total. The van der Waals surface area contributed by atoms with E-state index < -0.39 is 0 Å². The molecule has 2 N–H and O–H groups in total. The van der Waals surface area contributed by atoms with Crippen LogP contribution >= 0.6 is 0 Å². The van der Waals surface area contributed by atoms with Gasteiger partial charge in [-0.05, 0) is 6.92 Å². The molecule has 0 fully saturated rings. The monoisotopic (exact) mass is 151 g/mol. The Morgan fingerprint density at radius 1 is 1.91 bits per heavy atom. The van der Waals surface area contributed by atoms with Crippen molar-refractivity contribution in [1.82, 2.24) is 15.0 Å². The Morgan fingerprint density at radius 2 is 2.64 bits per heavy atom. The van der Waals surface area contributed by atoms with Crippen molar-refractivity contribution < 1.29 is 0 Å². The first-order chi connectivity index (χ1) is 5.22. The minimum absolute atomic E-state index is 0.00828. The lowest BCUT2D eigenvalue weighted by atomic mass is 10.4. The number of nitrogens with two attached hydrogens (primary N) is 1. The van der Waals surface area contributed by atoms with Crippen molar-refractivity contribution in [3.63, 3.8) is 0 Å². The minimum atomic E-state index is 0.00828. The van der Waals surface area contributed by atoms with Crippen molar-refractivity contribution in [2.75, 3.05) is 0 Å². The Balaban J connectivity index is 2.67. The molecule has 0 aliphatic rings. The fraction of sp³-hybridized carbons (Fsp3) is 0.500. The van der Waals surface area contributed by atoms with Gasteiger partial charge in [0.2, 0.25) is 0 Å². The van der Waals surface area contributed by atoms with E-state index >= 15 is 0 Å². The molecule has 1 aromatic rings. The summed E-state index contributed by atoms with van der Waals surface area (Å²) in [5.74, 6) is 0. The molecule has 0 aliphatic heterocycles. The summed E-state index contributed by atoms with van der Waals surface area (Å²) in [6, 6.07) is 1.89. The van der Waals surface area contributed by atoms with Crippen molar-refractivity contribution in [2.24, 2.45) is 5.73 Å². The van der Waals surface area contributed by atoms with Gasteiger partial charge < -0.3 is 5.73 Å². The van der Waals surface area contributed by atoms with Gasteiger partial charge in [-0.1, -0.05) is 0 Å². The van der Waals surface area contributed by atoms with Gasteiger partial charge in [-0.2, -0.15) is 15.2 Å². The molecule has 1 heterocycles. The molecule has 58 valence electrons. The quantitative estimate of drug-likeness (QED) is 0.617. The van der Waals surface area contributed by atoms with Crippen LogP contribution < -0.4 is 5.73 Å². The maximum atomic E-state index is 8.39. The van der Waals surface area contributed by atoms with Crippen LogP contribution in [0, 0.1) is 11.3 Å². The minimum Gasteiger partial charge on any atom is -0.326 e. The predicted octanol–water partition coefficient (Wildman–Crippen LogP) is -0.503. The highest BCUT2D eigenvalue weighted by Gasteiger charge is 2.00.